The summed E-state index contributed by atoms with van der Waals surface area (Å²) >= 11 is 0. The Morgan fingerprint density at radius 1 is 1.23 bits per heavy atom. The molecular weight excluding hydrogens is 276 g/mol. The third kappa shape index (κ3) is 2.82. The molecule has 22 heavy (non-hydrogen) atoms. The van der Waals surface area contributed by atoms with E-state index in [4.69, 9.17) is 0 Å². The van der Waals surface area contributed by atoms with Crippen LogP contribution in [0.4, 0.5) is 0 Å². The highest BCUT2D eigenvalue weighted by Crippen LogP contribution is 2.33. The molecule has 4 nitrogen and oxygen atoms in total. The van der Waals surface area contributed by atoms with E-state index in [1.165, 1.54) is 21.8 Å². The lowest BCUT2D eigenvalue weighted by atomic mass is 9.87. The third-order valence-electron chi connectivity index (χ3n) is 4.40. The van der Waals surface area contributed by atoms with E-state index >= 15 is 0 Å². The van der Waals surface area contributed by atoms with Gasteiger partial charge in [-0.05, 0) is 36.5 Å². The van der Waals surface area contributed by atoms with E-state index in [9.17, 15) is 9.59 Å². The van der Waals surface area contributed by atoms with Crippen molar-refractivity contribution < 1.29 is 4.79 Å². The SMILES string of the molecule is CN(C(=O)Cn1ccccc1=O)C1CCCc2ccccc21. The van der Waals surface area contributed by atoms with Crippen molar-refractivity contribution in [2.24, 2.45) is 0 Å². The van der Waals surface area contributed by atoms with Gasteiger partial charge in [-0.1, -0.05) is 30.3 Å². The minimum Gasteiger partial charge on any atom is -0.337 e. The number of hydrogen-bond acceptors (Lipinski definition) is 2. The molecule has 1 heterocycles. The number of rotatable bonds is 3. The second kappa shape index (κ2) is 6.18. The molecule has 0 spiro atoms. The molecule has 1 aromatic carbocycles. The number of carbonyl (C=O) groups is 1. The van der Waals surface area contributed by atoms with Gasteiger partial charge in [0, 0.05) is 19.3 Å². The highest BCUT2D eigenvalue weighted by molar-refractivity contribution is 5.76. The average molecular weight is 296 g/mol. The summed E-state index contributed by atoms with van der Waals surface area (Å²) in [6, 6.07) is 13.4. The largest absolute Gasteiger partial charge is 0.337 e. The summed E-state index contributed by atoms with van der Waals surface area (Å²) < 4.78 is 1.45. The number of aryl methyl sites for hydroxylation is 1. The summed E-state index contributed by atoms with van der Waals surface area (Å²) in [4.78, 5) is 26.1. The fourth-order valence-corrected chi connectivity index (χ4v) is 3.15. The maximum absolute atomic E-state index is 12.5. The molecule has 0 N–H and O–H groups in total. The predicted octanol–water partition coefficient (Wildman–Crippen LogP) is 2.38. The van der Waals surface area contributed by atoms with Gasteiger partial charge in [0.15, 0.2) is 0 Å². The number of amides is 1. The van der Waals surface area contributed by atoms with Crippen LogP contribution < -0.4 is 5.56 Å². The number of aromatic nitrogens is 1. The molecule has 0 saturated heterocycles. The van der Waals surface area contributed by atoms with Crippen molar-refractivity contribution in [2.45, 2.75) is 31.8 Å². The van der Waals surface area contributed by atoms with Crippen LogP contribution >= 0.6 is 0 Å². The predicted molar refractivity (Wildman–Crippen MR) is 85.6 cm³/mol. The van der Waals surface area contributed by atoms with Crippen molar-refractivity contribution in [1.29, 1.82) is 0 Å². The maximum atomic E-state index is 12.5. The zero-order valence-corrected chi connectivity index (χ0v) is 12.7. The van der Waals surface area contributed by atoms with Crippen molar-refractivity contribution in [3.05, 3.63) is 70.1 Å². The Morgan fingerprint density at radius 2 is 2.00 bits per heavy atom. The summed E-state index contributed by atoms with van der Waals surface area (Å²) in [7, 11) is 1.84. The van der Waals surface area contributed by atoms with Crippen LogP contribution in [0.2, 0.25) is 0 Å². The van der Waals surface area contributed by atoms with Gasteiger partial charge in [-0.25, -0.2) is 0 Å². The standard InChI is InChI=1S/C18H20N2O2/c1-19(18(22)13-20-12-5-4-11-17(20)21)16-10-6-8-14-7-2-3-9-15(14)16/h2-5,7,9,11-12,16H,6,8,10,13H2,1H3. The lowest BCUT2D eigenvalue weighted by Crippen LogP contribution is -2.37. The first-order chi connectivity index (χ1) is 10.7. The fraction of sp³-hybridized carbons (Fsp3) is 0.333. The number of carbonyl (C=O) groups excluding carboxylic acids is 1. The van der Waals surface area contributed by atoms with Gasteiger partial charge in [0.05, 0.1) is 6.04 Å². The molecule has 3 rings (SSSR count). The second-order valence-electron chi connectivity index (χ2n) is 5.78. The van der Waals surface area contributed by atoms with Gasteiger partial charge in [0.25, 0.3) is 5.56 Å². The molecule has 4 heteroatoms. The zero-order valence-electron chi connectivity index (χ0n) is 12.7. The van der Waals surface area contributed by atoms with Crippen molar-refractivity contribution in [2.75, 3.05) is 7.05 Å². The first kappa shape index (κ1) is 14.6. The Balaban J connectivity index is 1.80. The fourth-order valence-electron chi connectivity index (χ4n) is 3.15. The molecule has 1 atom stereocenters. The van der Waals surface area contributed by atoms with Crippen LogP contribution in [0.15, 0.2) is 53.5 Å². The van der Waals surface area contributed by atoms with Crippen LogP contribution in [0.1, 0.15) is 30.0 Å². The van der Waals surface area contributed by atoms with Crippen LogP contribution in [-0.2, 0) is 17.8 Å². The molecule has 1 amide bonds. The number of nitrogens with zero attached hydrogens (tertiary/aromatic N) is 2. The van der Waals surface area contributed by atoms with Crippen molar-refractivity contribution in [3.63, 3.8) is 0 Å². The Morgan fingerprint density at radius 3 is 2.82 bits per heavy atom. The Labute approximate surface area is 130 Å². The molecule has 0 aliphatic heterocycles. The first-order valence-electron chi connectivity index (χ1n) is 7.66. The summed E-state index contributed by atoms with van der Waals surface area (Å²) in [5.41, 5.74) is 2.42. The molecule has 114 valence electrons. The highest BCUT2D eigenvalue weighted by atomic mass is 16.2. The molecule has 0 fully saturated rings. The molecule has 1 aliphatic carbocycles. The van der Waals surface area contributed by atoms with Crippen LogP contribution in [0.3, 0.4) is 0 Å². The van der Waals surface area contributed by atoms with Gasteiger partial charge >= 0.3 is 0 Å². The minimum absolute atomic E-state index is 0.0324. The van der Waals surface area contributed by atoms with Crippen molar-refractivity contribution in [3.8, 4) is 0 Å². The van der Waals surface area contributed by atoms with E-state index in [0.29, 0.717) is 0 Å². The summed E-state index contributed by atoms with van der Waals surface area (Å²) in [5, 5.41) is 0. The monoisotopic (exact) mass is 296 g/mol. The van der Waals surface area contributed by atoms with Crippen LogP contribution in [0, 0.1) is 0 Å². The lowest BCUT2D eigenvalue weighted by Gasteiger charge is -2.33. The van der Waals surface area contributed by atoms with Gasteiger partial charge in [0.2, 0.25) is 5.91 Å². The van der Waals surface area contributed by atoms with Gasteiger partial charge < -0.3 is 9.47 Å². The van der Waals surface area contributed by atoms with Gasteiger partial charge in [-0.2, -0.15) is 0 Å². The Bertz CT molecular complexity index is 736. The molecule has 0 saturated carbocycles. The summed E-state index contributed by atoms with van der Waals surface area (Å²) in [6.07, 6.45) is 4.79. The number of likely N-dealkylation sites (N-methyl/N-ethyl adjacent to an activating group) is 1. The molecule has 1 unspecified atom stereocenters. The van der Waals surface area contributed by atoms with Gasteiger partial charge in [0.1, 0.15) is 6.54 Å². The quantitative estimate of drug-likeness (QED) is 0.872. The van der Waals surface area contributed by atoms with E-state index < -0.39 is 0 Å². The molecular formula is C18H20N2O2. The van der Waals surface area contributed by atoms with E-state index in [-0.39, 0.29) is 24.1 Å². The van der Waals surface area contributed by atoms with E-state index in [2.05, 4.69) is 12.1 Å². The molecule has 0 radical (unpaired) electrons. The topological polar surface area (TPSA) is 42.3 Å². The first-order valence-corrected chi connectivity index (χ1v) is 7.66. The maximum Gasteiger partial charge on any atom is 0.250 e. The van der Waals surface area contributed by atoms with Crippen molar-refractivity contribution in [1.82, 2.24) is 9.47 Å². The third-order valence-corrected chi connectivity index (χ3v) is 4.40. The highest BCUT2D eigenvalue weighted by Gasteiger charge is 2.26. The van der Waals surface area contributed by atoms with Crippen LogP contribution in [-0.4, -0.2) is 22.4 Å². The molecule has 2 aromatic rings. The zero-order chi connectivity index (χ0) is 15.5. The summed E-state index contributed by atoms with van der Waals surface area (Å²) in [5.74, 6) is -0.0324. The molecule has 0 bridgehead atoms. The van der Waals surface area contributed by atoms with Crippen LogP contribution in [0.25, 0.3) is 0 Å². The van der Waals surface area contributed by atoms with E-state index in [1.54, 1.807) is 23.2 Å². The smallest absolute Gasteiger partial charge is 0.250 e. The number of hydrogen-bond donors (Lipinski definition) is 0. The molecule has 1 aliphatic rings. The average Bonchev–Trinajstić information content (AvgIpc) is 2.55. The second-order valence-corrected chi connectivity index (χ2v) is 5.78. The Kier molecular flexibility index (Phi) is 4.09. The van der Waals surface area contributed by atoms with Gasteiger partial charge in [-0.15, -0.1) is 0 Å². The van der Waals surface area contributed by atoms with Gasteiger partial charge in [-0.3, -0.25) is 9.59 Å². The van der Waals surface area contributed by atoms with E-state index in [0.717, 1.165) is 19.3 Å². The van der Waals surface area contributed by atoms with E-state index in [1.807, 2.05) is 19.2 Å². The van der Waals surface area contributed by atoms with Crippen LogP contribution in [0.5, 0.6) is 0 Å². The molecule has 1 aromatic heterocycles. The summed E-state index contributed by atoms with van der Waals surface area (Å²) in [6.45, 7) is 0.0921. The normalized spacial score (nSPS) is 16.9. The van der Waals surface area contributed by atoms with Crippen molar-refractivity contribution >= 4 is 5.91 Å². The number of pyridine rings is 1. The lowest BCUT2D eigenvalue weighted by molar-refractivity contribution is -0.133. The number of benzene rings is 1. The number of fused-ring (bicyclic) bond motifs is 1. The minimum atomic E-state index is -0.145. The Hall–Kier alpha value is -2.36.